The summed E-state index contributed by atoms with van der Waals surface area (Å²) < 4.78 is 0. The Labute approximate surface area is 133 Å². The number of nitrogen functional groups attached to an aromatic ring is 1. The monoisotopic (exact) mass is 323 g/mol. The molecular weight excluding hydrogens is 309 g/mol. The summed E-state index contributed by atoms with van der Waals surface area (Å²) in [6.07, 6.45) is 0. The van der Waals surface area contributed by atoms with Gasteiger partial charge in [0.1, 0.15) is 0 Å². The zero-order valence-electron chi connectivity index (χ0n) is 11.4. The van der Waals surface area contributed by atoms with Gasteiger partial charge < -0.3 is 16.4 Å². The van der Waals surface area contributed by atoms with Crippen LogP contribution in [0, 0.1) is 0 Å². The van der Waals surface area contributed by atoms with Crippen LogP contribution in [0.5, 0.6) is 0 Å². The highest BCUT2D eigenvalue weighted by molar-refractivity contribution is 6.35. The van der Waals surface area contributed by atoms with Gasteiger partial charge in [0.25, 0.3) is 5.91 Å². The van der Waals surface area contributed by atoms with E-state index in [0.717, 1.165) is 0 Å². The molecule has 2 aromatic rings. The zero-order valence-corrected chi connectivity index (χ0v) is 12.9. The lowest BCUT2D eigenvalue weighted by molar-refractivity contribution is 0.0956. The average molecular weight is 324 g/mol. The first-order valence-electron chi connectivity index (χ1n) is 6.40. The Morgan fingerprint density at radius 3 is 2.43 bits per heavy atom. The predicted molar refractivity (Wildman–Crippen MR) is 88.6 cm³/mol. The highest BCUT2D eigenvalue weighted by atomic mass is 35.5. The minimum Gasteiger partial charge on any atom is -0.397 e. The van der Waals surface area contributed by atoms with Crippen molar-refractivity contribution in [1.29, 1.82) is 0 Å². The van der Waals surface area contributed by atoms with Crippen LogP contribution in [-0.2, 0) is 0 Å². The van der Waals surface area contributed by atoms with Gasteiger partial charge in [0.2, 0.25) is 0 Å². The summed E-state index contributed by atoms with van der Waals surface area (Å²) in [7, 11) is 0. The molecule has 0 heterocycles. The summed E-state index contributed by atoms with van der Waals surface area (Å²) in [5.41, 5.74) is 8.31. The van der Waals surface area contributed by atoms with Crippen LogP contribution in [-0.4, -0.2) is 12.5 Å². The third-order valence-electron chi connectivity index (χ3n) is 2.79. The second-order valence-electron chi connectivity index (χ2n) is 4.44. The maximum atomic E-state index is 11.8. The number of carbonyl (C=O) groups excluding carboxylic acids is 1. The Hall–Kier alpha value is -1.91. The molecule has 6 heteroatoms. The molecule has 0 saturated carbocycles. The SMILES string of the molecule is CCNC(=O)c1ccc(N)c(Nc2cc(Cl)cc(Cl)c2)c1. The van der Waals surface area contributed by atoms with Crippen molar-refractivity contribution in [2.75, 3.05) is 17.6 Å². The number of rotatable bonds is 4. The van der Waals surface area contributed by atoms with Crippen LogP contribution in [0.15, 0.2) is 36.4 Å². The molecule has 110 valence electrons. The molecule has 0 fully saturated rings. The van der Waals surface area contributed by atoms with Gasteiger partial charge in [-0.2, -0.15) is 0 Å². The lowest BCUT2D eigenvalue weighted by atomic mass is 10.1. The molecule has 2 rings (SSSR count). The van der Waals surface area contributed by atoms with E-state index in [1.807, 2.05) is 6.92 Å². The second-order valence-corrected chi connectivity index (χ2v) is 5.32. The van der Waals surface area contributed by atoms with E-state index in [2.05, 4.69) is 10.6 Å². The van der Waals surface area contributed by atoms with E-state index in [1.165, 1.54) is 0 Å². The molecule has 4 N–H and O–H groups in total. The molecular formula is C15H15Cl2N3O. The summed E-state index contributed by atoms with van der Waals surface area (Å²) in [6.45, 7) is 2.43. The van der Waals surface area contributed by atoms with Crippen molar-refractivity contribution in [2.24, 2.45) is 0 Å². The third-order valence-corrected chi connectivity index (χ3v) is 3.23. The third kappa shape index (κ3) is 4.03. The van der Waals surface area contributed by atoms with E-state index in [-0.39, 0.29) is 5.91 Å². The van der Waals surface area contributed by atoms with Crippen molar-refractivity contribution >= 4 is 46.2 Å². The fourth-order valence-electron chi connectivity index (χ4n) is 1.85. The summed E-state index contributed by atoms with van der Waals surface area (Å²) in [5.74, 6) is -0.148. The van der Waals surface area contributed by atoms with E-state index in [4.69, 9.17) is 28.9 Å². The van der Waals surface area contributed by atoms with Crippen LogP contribution in [0.1, 0.15) is 17.3 Å². The maximum absolute atomic E-state index is 11.8. The molecule has 0 bridgehead atoms. The van der Waals surface area contributed by atoms with Crippen LogP contribution >= 0.6 is 23.2 Å². The van der Waals surface area contributed by atoms with Crippen molar-refractivity contribution in [3.63, 3.8) is 0 Å². The van der Waals surface area contributed by atoms with Crippen LogP contribution in [0.3, 0.4) is 0 Å². The van der Waals surface area contributed by atoms with Gasteiger partial charge in [0.15, 0.2) is 0 Å². The normalized spacial score (nSPS) is 10.2. The summed E-state index contributed by atoms with van der Waals surface area (Å²) in [6, 6.07) is 10.1. The lowest BCUT2D eigenvalue weighted by Gasteiger charge is -2.12. The van der Waals surface area contributed by atoms with Gasteiger partial charge in [-0.15, -0.1) is 0 Å². The highest BCUT2D eigenvalue weighted by Gasteiger charge is 2.08. The van der Waals surface area contributed by atoms with Gasteiger partial charge in [0, 0.05) is 27.8 Å². The van der Waals surface area contributed by atoms with E-state index in [9.17, 15) is 4.79 Å². The quantitative estimate of drug-likeness (QED) is 0.743. The van der Waals surface area contributed by atoms with E-state index in [0.29, 0.717) is 39.2 Å². The molecule has 2 aromatic carbocycles. The number of benzene rings is 2. The first-order chi connectivity index (χ1) is 9.99. The van der Waals surface area contributed by atoms with E-state index < -0.39 is 0 Å². The Morgan fingerprint density at radius 1 is 1.14 bits per heavy atom. The fourth-order valence-corrected chi connectivity index (χ4v) is 2.38. The van der Waals surface area contributed by atoms with Gasteiger partial charge >= 0.3 is 0 Å². The number of hydrogen-bond acceptors (Lipinski definition) is 3. The van der Waals surface area contributed by atoms with Gasteiger partial charge in [0.05, 0.1) is 11.4 Å². The molecule has 0 aromatic heterocycles. The minimum absolute atomic E-state index is 0.148. The maximum Gasteiger partial charge on any atom is 0.251 e. The highest BCUT2D eigenvalue weighted by Crippen LogP contribution is 2.28. The number of carbonyl (C=O) groups is 1. The number of anilines is 3. The molecule has 0 saturated heterocycles. The second kappa shape index (κ2) is 6.70. The fraction of sp³-hybridized carbons (Fsp3) is 0.133. The Balaban J connectivity index is 2.30. The van der Waals surface area contributed by atoms with Crippen LogP contribution in [0.4, 0.5) is 17.1 Å². The molecule has 0 atom stereocenters. The number of nitrogens with one attached hydrogen (secondary N) is 2. The molecule has 0 aliphatic heterocycles. The standard InChI is InChI=1S/C15H15Cl2N3O/c1-2-19-15(21)9-3-4-13(18)14(5-9)20-12-7-10(16)6-11(17)8-12/h3-8,20H,2,18H2,1H3,(H,19,21). The molecule has 0 aliphatic carbocycles. The molecule has 0 unspecified atom stereocenters. The van der Waals surface area contributed by atoms with Gasteiger partial charge in [-0.3, -0.25) is 4.79 Å². The van der Waals surface area contributed by atoms with E-state index >= 15 is 0 Å². The van der Waals surface area contributed by atoms with Crippen LogP contribution < -0.4 is 16.4 Å². The Bertz CT molecular complexity index is 654. The predicted octanol–water partition coefficient (Wildman–Crippen LogP) is 4.07. The van der Waals surface area contributed by atoms with Crippen LogP contribution in [0.25, 0.3) is 0 Å². The lowest BCUT2D eigenvalue weighted by Crippen LogP contribution is -2.22. The number of amides is 1. The summed E-state index contributed by atoms with van der Waals surface area (Å²) in [5, 5.41) is 6.89. The molecule has 0 aliphatic rings. The van der Waals surface area contributed by atoms with E-state index in [1.54, 1.807) is 36.4 Å². The Morgan fingerprint density at radius 2 is 1.81 bits per heavy atom. The van der Waals surface area contributed by atoms with Crippen LogP contribution in [0.2, 0.25) is 10.0 Å². The van der Waals surface area contributed by atoms with Crippen molar-refractivity contribution < 1.29 is 4.79 Å². The largest absolute Gasteiger partial charge is 0.397 e. The van der Waals surface area contributed by atoms with Crippen molar-refractivity contribution in [3.8, 4) is 0 Å². The molecule has 0 spiro atoms. The molecule has 21 heavy (non-hydrogen) atoms. The molecule has 1 amide bonds. The zero-order chi connectivity index (χ0) is 15.4. The number of hydrogen-bond donors (Lipinski definition) is 3. The van der Waals surface area contributed by atoms with Gasteiger partial charge in [-0.1, -0.05) is 23.2 Å². The molecule has 4 nitrogen and oxygen atoms in total. The van der Waals surface area contributed by atoms with Crippen molar-refractivity contribution in [2.45, 2.75) is 6.92 Å². The summed E-state index contributed by atoms with van der Waals surface area (Å²) >= 11 is 11.9. The smallest absolute Gasteiger partial charge is 0.251 e. The van der Waals surface area contributed by atoms with Crippen molar-refractivity contribution in [3.05, 3.63) is 52.0 Å². The first-order valence-corrected chi connectivity index (χ1v) is 7.16. The number of nitrogens with two attached hydrogens (primary N) is 1. The summed E-state index contributed by atoms with van der Waals surface area (Å²) in [4.78, 5) is 11.8. The van der Waals surface area contributed by atoms with Gasteiger partial charge in [-0.05, 0) is 43.3 Å². The van der Waals surface area contributed by atoms with Crippen molar-refractivity contribution in [1.82, 2.24) is 5.32 Å². The first kappa shape index (κ1) is 15.5. The molecule has 0 radical (unpaired) electrons. The topological polar surface area (TPSA) is 67.2 Å². The van der Waals surface area contributed by atoms with Gasteiger partial charge in [-0.25, -0.2) is 0 Å². The number of halogens is 2. The average Bonchev–Trinajstić information content (AvgIpc) is 2.40. The Kier molecular flexibility index (Phi) is 4.94. The minimum atomic E-state index is -0.148.